The fourth-order valence-corrected chi connectivity index (χ4v) is 16.1. The van der Waals surface area contributed by atoms with E-state index in [1.54, 1.807) is 17.7 Å². The van der Waals surface area contributed by atoms with Crippen LogP contribution in [0.4, 0.5) is 17.1 Å². The number of hydrogen-bond acceptors (Lipinski definition) is 8. The van der Waals surface area contributed by atoms with Crippen LogP contribution in [0.5, 0.6) is 11.5 Å². The lowest BCUT2D eigenvalue weighted by molar-refractivity contribution is 0.276. The Morgan fingerprint density at radius 3 is 1.35 bits per heavy atom. The van der Waals surface area contributed by atoms with E-state index in [-0.39, 0.29) is 10.8 Å². The molecule has 8 nitrogen and oxygen atoms in total. The Balaban J connectivity index is 0.000000110. The third kappa shape index (κ3) is 9.06. The third-order valence-corrected chi connectivity index (χ3v) is 20.7. The summed E-state index contributed by atoms with van der Waals surface area (Å²) >= 11 is 12.1. The van der Waals surface area contributed by atoms with Crippen LogP contribution in [0.25, 0.3) is 10.8 Å². The molecule has 3 saturated carbocycles. The second kappa shape index (κ2) is 20.8. The average molecular weight is 1040 g/mol. The van der Waals surface area contributed by atoms with Gasteiger partial charge >= 0.3 is 0 Å². The topological polar surface area (TPSA) is 64.3 Å². The number of benzene rings is 6. The minimum atomic E-state index is 0.222. The smallest absolute Gasteiger partial charge is 0.127 e. The summed E-state index contributed by atoms with van der Waals surface area (Å²) in [6, 6.07) is 48.6. The molecule has 6 aliphatic heterocycles. The number of rotatable bonds is 13. The molecule has 9 unspecified atom stereocenters. The number of fused-ring (bicyclic) bond motifs is 4. The molecule has 0 aromatic heterocycles. The van der Waals surface area contributed by atoms with Crippen LogP contribution in [0.1, 0.15) is 68.6 Å². The van der Waals surface area contributed by atoms with Crippen molar-refractivity contribution < 1.29 is 9.47 Å². The molecule has 0 spiro atoms. The van der Waals surface area contributed by atoms with Crippen LogP contribution in [-0.2, 0) is 16.2 Å². The first-order valence-electron chi connectivity index (χ1n) is 28.8. The Morgan fingerprint density at radius 1 is 0.467 bits per heavy atom. The van der Waals surface area contributed by atoms with Gasteiger partial charge in [0.1, 0.15) is 11.5 Å². The zero-order valence-corrected chi connectivity index (χ0v) is 45.4. The van der Waals surface area contributed by atoms with Crippen molar-refractivity contribution in [3.63, 3.8) is 0 Å². The van der Waals surface area contributed by atoms with Crippen molar-refractivity contribution in [2.45, 2.75) is 68.1 Å². The van der Waals surface area contributed by atoms with E-state index in [4.69, 9.17) is 32.7 Å². The Hall–Kier alpha value is -4.96. The predicted molar refractivity (Wildman–Crippen MR) is 310 cm³/mol. The zero-order chi connectivity index (χ0) is 50.6. The molecule has 10 heteroatoms. The summed E-state index contributed by atoms with van der Waals surface area (Å²) in [5.74, 6) is 6.11. The number of nitrogens with one attached hydrogen (secondary N) is 3. The summed E-state index contributed by atoms with van der Waals surface area (Å²) in [7, 11) is 0. The lowest BCUT2D eigenvalue weighted by Gasteiger charge is -2.21. The van der Waals surface area contributed by atoms with E-state index in [0.717, 1.165) is 62.7 Å². The molecule has 3 aliphatic carbocycles. The van der Waals surface area contributed by atoms with Crippen LogP contribution >= 0.6 is 23.2 Å². The van der Waals surface area contributed by atoms with Gasteiger partial charge in [0.05, 0.1) is 23.3 Å². The number of anilines is 3. The molecule has 392 valence electrons. The van der Waals surface area contributed by atoms with Crippen LogP contribution in [-0.4, -0.2) is 91.8 Å². The summed E-state index contributed by atoms with van der Waals surface area (Å²) in [4.78, 5) is 7.53. The lowest BCUT2D eigenvalue weighted by atomic mass is 9.92. The molecule has 6 heterocycles. The summed E-state index contributed by atoms with van der Waals surface area (Å²) < 4.78 is 12.5. The van der Waals surface area contributed by atoms with Crippen molar-refractivity contribution in [2.24, 2.45) is 35.5 Å². The van der Waals surface area contributed by atoms with Crippen molar-refractivity contribution in [3.8, 4) is 11.5 Å². The molecule has 75 heavy (non-hydrogen) atoms. The van der Waals surface area contributed by atoms with Gasteiger partial charge in [0.2, 0.25) is 0 Å². The van der Waals surface area contributed by atoms with E-state index in [0.29, 0.717) is 39.1 Å². The Bertz CT molecular complexity index is 2930. The van der Waals surface area contributed by atoms with Gasteiger partial charge in [-0.3, -0.25) is 0 Å². The Kier molecular flexibility index (Phi) is 13.7. The SMILES string of the molecule is CCC1C2CNCC12c1ccc(N2CCCC2)cc1.Clc1ccc(OCC2C3CNCC32c2ccc(N3CCCC3)cc2)cc1Cl.c1ccc2c(OCC3C4CNCC43c3ccc(N4CCCC4)cc3)cccc2c1. The highest BCUT2D eigenvalue weighted by Crippen LogP contribution is 2.64. The number of piperidine rings is 3. The van der Waals surface area contributed by atoms with Gasteiger partial charge in [-0.25, -0.2) is 0 Å². The van der Waals surface area contributed by atoms with E-state index < -0.39 is 0 Å². The molecule has 6 aromatic rings. The molecular weight excluding hydrogens is 968 g/mol. The standard InChI is InChI=1S/C26H28N2O.C22H24Cl2N2O.C17H24N2/c1-2-8-22-19(6-1)7-5-9-25(22)29-17-24-23-16-27-18-26(23,24)20-10-12-21(13-11-20)28-14-3-4-15-28;23-20-8-7-17(11-21(20)24)27-13-19-18-12-25-14-22(18,19)15-3-5-16(6-4-15)26-9-1-2-10-26;1-2-15-16-11-18-12-17(15,16)13-5-7-14(8-6-13)19-9-3-4-10-19/h1-2,5-13,23-24,27H,3-4,14-18H2;3-8,11,18-19,25H,1-2,9-10,12-14H2;5-8,15-16,18H,2-4,9-12H2,1H3. The number of ether oxygens (including phenoxy) is 2. The van der Waals surface area contributed by atoms with Crippen molar-refractivity contribution in [3.05, 3.63) is 160 Å². The second-order valence-corrected chi connectivity index (χ2v) is 24.3. The molecule has 9 fully saturated rings. The van der Waals surface area contributed by atoms with Crippen LogP contribution in [0.2, 0.25) is 10.0 Å². The van der Waals surface area contributed by atoms with E-state index in [1.165, 1.54) is 136 Å². The van der Waals surface area contributed by atoms with Gasteiger partial charge in [0, 0.05) is 115 Å². The van der Waals surface area contributed by atoms with E-state index >= 15 is 0 Å². The molecule has 0 amide bonds. The summed E-state index contributed by atoms with van der Waals surface area (Å²) in [6.45, 7) is 17.9. The maximum Gasteiger partial charge on any atom is 0.127 e. The fourth-order valence-electron chi connectivity index (χ4n) is 15.8. The zero-order valence-electron chi connectivity index (χ0n) is 43.9. The number of nitrogens with zero attached hydrogens (tertiary/aromatic N) is 3. The summed E-state index contributed by atoms with van der Waals surface area (Å²) in [6.07, 6.45) is 9.32. The number of hydrogen-bond donors (Lipinski definition) is 3. The van der Waals surface area contributed by atoms with Gasteiger partial charge in [-0.05, 0) is 159 Å². The largest absolute Gasteiger partial charge is 0.493 e. The first-order valence-corrected chi connectivity index (χ1v) is 29.5. The van der Waals surface area contributed by atoms with Crippen LogP contribution in [0.15, 0.2) is 133 Å². The van der Waals surface area contributed by atoms with E-state index in [9.17, 15) is 0 Å². The third-order valence-electron chi connectivity index (χ3n) is 20.0. The van der Waals surface area contributed by atoms with Crippen LogP contribution in [0, 0.1) is 35.5 Å². The number of halogens is 2. The van der Waals surface area contributed by atoms with Gasteiger partial charge in [-0.1, -0.05) is 109 Å². The van der Waals surface area contributed by atoms with Gasteiger partial charge in [-0.15, -0.1) is 0 Å². The molecule has 9 aliphatic rings. The molecule has 6 saturated heterocycles. The van der Waals surface area contributed by atoms with Crippen LogP contribution < -0.4 is 40.1 Å². The summed E-state index contributed by atoms with van der Waals surface area (Å²) in [5.41, 5.74) is 9.65. The van der Waals surface area contributed by atoms with Crippen molar-refractivity contribution in [1.82, 2.24) is 16.0 Å². The minimum Gasteiger partial charge on any atom is -0.493 e. The molecular formula is C65H76Cl2N6O2. The second-order valence-electron chi connectivity index (χ2n) is 23.5. The quantitative estimate of drug-likeness (QED) is 0.106. The van der Waals surface area contributed by atoms with Crippen molar-refractivity contribution >= 4 is 51.0 Å². The van der Waals surface area contributed by atoms with Gasteiger partial charge in [0.15, 0.2) is 0 Å². The molecule has 15 rings (SSSR count). The van der Waals surface area contributed by atoms with Gasteiger partial charge in [-0.2, -0.15) is 0 Å². The monoisotopic (exact) mass is 1040 g/mol. The average Bonchev–Trinajstić information content (AvgIpc) is 4.18. The first kappa shape index (κ1) is 49.6. The minimum absolute atomic E-state index is 0.222. The van der Waals surface area contributed by atoms with Crippen molar-refractivity contribution in [2.75, 3.05) is 106 Å². The maximum atomic E-state index is 6.40. The predicted octanol–water partition coefficient (Wildman–Crippen LogP) is 12.1. The highest BCUT2D eigenvalue weighted by molar-refractivity contribution is 6.42. The Morgan fingerprint density at radius 2 is 0.893 bits per heavy atom. The maximum absolute atomic E-state index is 6.40. The molecule has 0 bridgehead atoms. The lowest BCUT2D eigenvalue weighted by Crippen LogP contribution is -2.26. The van der Waals surface area contributed by atoms with Crippen LogP contribution in [0.3, 0.4) is 0 Å². The molecule has 6 aromatic carbocycles. The summed E-state index contributed by atoms with van der Waals surface area (Å²) in [5, 5.41) is 14.3. The normalized spacial score (nSPS) is 30.5. The molecule has 0 radical (unpaired) electrons. The highest BCUT2D eigenvalue weighted by atomic mass is 35.5. The van der Waals surface area contributed by atoms with Crippen molar-refractivity contribution in [1.29, 1.82) is 0 Å². The molecule has 3 N–H and O–H groups in total. The van der Waals surface area contributed by atoms with Gasteiger partial charge in [0.25, 0.3) is 0 Å². The fraction of sp³-hybridized carbons (Fsp3) is 0.477. The van der Waals surface area contributed by atoms with Gasteiger partial charge < -0.3 is 40.1 Å². The first-order chi connectivity index (χ1) is 36.9. The Labute approximate surface area is 455 Å². The highest BCUT2D eigenvalue weighted by Gasteiger charge is 2.69. The van der Waals surface area contributed by atoms with E-state index in [1.807, 2.05) is 6.07 Å². The van der Waals surface area contributed by atoms with E-state index in [2.05, 4.69) is 153 Å². The molecule has 9 atom stereocenters.